The van der Waals surface area contributed by atoms with E-state index in [0.717, 1.165) is 22.4 Å². The first-order chi connectivity index (χ1) is 12.2. The second-order valence-electron chi connectivity index (χ2n) is 6.76. The van der Waals surface area contributed by atoms with Gasteiger partial charge in [0.15, 0.2) is 0 Å². The molecule has 25 heavy (non-hydrogen) atoms. The molecule has 0 bridgehead atoms. The first-order valence-corrected chi connectivity index (χ1v) is 8.58. The maximum absolute atomic E-state index is 4.80. The van der Waals surface area contributed by atoms with Gasteiger partial charge in [-0.1, -0.05) is 48.5 Å². The summed E-state index contributed by atoms with van der Waals surface area (Å²) < 4.78 is 0. The van der Waals surface area contributed by atoms with E-state index in [1.807, 2.05) is 0 Å². The molecule has 1 aromatic heterocycles. The summed E-state index contributed by atoms with van der Waals surface area (Å²) in [6, 6.07) is 23.8. The molecular formula is C23H18N2. The van der Waals surface area contributed by atoms with Crippen LogP contribution < -0.4 is 0 Å². The van der Waals surface area contributed by atoms with Crippen LogP contribution >= 0.6 is 0 Å². The minimum atomic E-state index is 0.926. The lowest BCUT2D eigenvalue weighted by molar-refractivity contribution is 1.34. The lowest BCUT2D eigenvalue weighted by Crippen LogP contribution is -1.82. The van der Waals surface area contributed by atoms with Crippen LogP contribution in [0.5, 0.6) is 0 Å². The summed E-state index contributed by atoms with van der Waals surface area (Å²) in [7, 11) is 0. The summed E-state index contributed by atoms with van der Waals surface area (Å²) in [5.41, 5.74) is 5.80. The van der Waals surface area contributed by atoms with Crippen LogP contribution in [0.3, 0.4) is 0 Å². The van der Waals surface area contributed by atoms with Gasteiger partial charge in [0.2, 0.25) is 0 Å². The van der Waals surface area contributed by atoms with E-state index in [9.17, 15) is 0 Å². The fourth-order valence-electron chi connectivity index (χ4n) is 3.57. The minimum absolute atomic E-state index is 0.926. The molecule has 4 aromatic carbocycles. The number of hydrogen-bond donors (Lipinski definition) is 1. The highest BCUT2D eigenvalue weighted by Crippen LogP contribution is 2.30. The van der Waals surface area contributed by atoms with Gasteiger partial charge in [-0.2, -0.15) is 0 Å². The van der Waals surface area contributed by atoms with Crippen molar-refractivity contribution < 1.29 is 0 Å². The Morgan fingerprint density at radius 2 is 1.48 bits per heavy atom. The topological polar surface area (TPSA) is 28.7 Å². The molecule has 0 aliphatic carbocycles. The van der Waals surface area contributed by atoms with Gasteiger partial charge in [0.1, 0.15) is 5.82 Å². The number of imidazole rings is 1. The molecule has 120 valence electrons. The third-order valence-electron chi connectivity index (χ3n) is 5.12. The average Bonchev–Trinajstić information content (AvgIpc) is 3.04. The van der Waals surface area contributed by atoms with Gasteiger partial charge >= 0.3 is 0 Å². The SMILES string of the molecule is Cc1cc2nc(-c3ccc4c(ccc5ccccc54)c3)[nH]c2cc1C. The summed E-state index contributed by atoms with van der Waals surface area (Å²) in [6.07, 6.45) is 0. The Kier molecular flexibility index (Phi) is 2.95. The number of fused-ring (bicyclic) bond motifs is 4. The van der Waals surface area contributed by atoms with Crippen LogP contribution in [0, 0.1) is 13.8 Å². The van der Waals surface area contributed by atoms with Gasteiger partial charge in [-0.3, -0.25) is 0 Å². The Bertz CT molecular complexity index is 1220. The number of nitrogens with zero attached hydrogens (tertiary/aromatic N) is 1. The number of H-pyrrole nitrogens is 1. The minimum Gasteiger partial charge on any atom is -0.338 e. The van der Waals surface area contributed by atoms with Crippen molar-refractivity contribution >= 4 is 32.6 Å². The first-order valence-electron chi connectivity index (χ1n) is 8.58. The van der Waals surface area contributed by atoms with Crippen molar-refractivity contribution in [2.75, 3.05) is 0 Å². The quantitative estimate of drug-likeness (QED) is 0.368. The molecule has 0 unspecified atom stereocenters. The molecule has 1 N–H and O–H groups in total. The molecule has 2 nitrogen and oxygen atoms in total. The predicted octanol–water partition coefficient (Wildman–Crippen LogP) is 6.15. The molecule has 1 heterocycles. The number of aryl methyl sites for hydroxylation is 2. The van der Waals surface area contributed by atoms with E-state index in [0.29, 0.717) is 0 Å². The van der Waals surface area contributed by atoms with Crippen LogP contribution in [-0.2, 0) is 0 Å². The number of rotatable bonds is 1. The highest BCUT2D eigenvalue weighted by molar-refractivity contribution is 6.08. The average molecular weight is 322 g/mol. The lowest BCUT2D eigenvalue weighted by Gasteiger charge is -2.05. The van der Waals surface area contributed by atoms with Crippen molar-refractivity contribution in [1.29, 1.82) is 0 Å². The molecule has 5 rings (SSSR count). The molecule has 0 radical (unpaired) electrons. The maximum atomic E-state index is 4.80. The Morgan fingerprint density at radius 1 is 0.720 bits per heavy atom. The Labute approximate surface area is 146 Å². The van der Waals surface area contributed by atoms with E-state index in [1.165, 1.54) is 32.7 Å². The molecule has 0 atom stereocenters. The summed E-state index contributed by atoms with van der Waals surface area (Å²) in [6.45, 7) is 4.26. The van der Waals surface area contributed by atoms with E-state index in [1.54, 1.807) is 0 Å². The van der Waals surface area contributed by atoms with Crippen molar-refractivity contribution in [3.8, 4) is 11.4 Å². The number of hydrogen-bond acceptors (Lipinski definition) is 1. The van der Waals surface area contributed by atoms with Crippen LogP contribution in [0.15, 0.2) is 66.7 Å². The molecule has 0 aliphatic rings. The van der Waals surface area contributed by atoms with Gasteiger partial charge in [0, 0.05) is 5.56 Å². The van der Waals surface area contributed by atoms with Crippen molar-refractivity contribution in [3.05, 3.63) is 77.9 Å². The number of nitrogens with one attached hydrogen (secondary N) is 1. The van der Waals surface area contributed by atoms with E-state index in [2.05, 4.69) is 85.6 Å². The van der Waals surface area contributed by atoms with Crippen molar-refractivity contribution in [1.82, 2.24) is 9.97 Å². The molecule has 0 saturated carbocycles. The summed E-state index contributed by atoms with van der Waals surface area (Å²) in [4.78, 5) is 8.27. The van der Waals surface area contributed by atoms with Gasteiger partial charge in [-0.25, -0.2) is 4.98 Å². The predicted molar refractivity (Wildman–Crippen MR) is 106 cm³/mol. The fraction of sp³-hybridized carbons (Fsp3) is 0.0870. The zero-order valence-corrected chi connectivity index (χ0v) is 14.3. The molecule has 0 fully saturated rings. The smallest absolute Gasteiger partial charge is 0.138 e. The molecule has 0 saturated heterocycles. The van der Waals surface area contributed by atoms with Crippen molar-refractivity contribution in [2.45, 2.75) is 13.8 Å². The lowest BCUT2D eigenvalue weighted by atomic mass is 10.00. The zero-order chi connectivity index (χ0) is 17.0. The van der Waals surface area contributed by atoms with Crippen LogP contribution in [0.2, 0.25) is 0 Å². The monoisotopic (exact) mass is 322 g/mol. The van der Waals surface area contributed by atoms with Gasteiger partial charge in [0.25, 0.3) is 0 Å². The number of benzene rings is 4. The largest absolute Gasteiger partial charge is 0.338 e. The summed E-state index contributed by atoms with van der Waals surface area (Å²) in [5.74, 6) is 0.926. The molecule has 0 spiro atoms. The van der Waals surface area contributed by atoms with Crippen LogP contribution in [0.25, 0.3) is 44.0 Å². The van der Waals surface area contributed by atoms with Gasteiger partial charge in [0.05, 0.1) is 11.0 Å². The van der Waals surface area contributed by atoms with Crippen LogP contribution in [-0.4, -0.2) is 9.97 Å². The first kappa shape index (κ1) is 14.2. The van der Waals surface area contributed by atoms with Gasteiger partial charge in [-0.05, 0) is 64.7 Å². The van der Waals surface area contributed by atoms with E-state index < -0.39 is 0 Å². The standard InChI is InChI=1S/C23H18N2/c1-14-11-21-22(12-15(14)2)25-23(24-21)18-9-10-20-17(13-18)8-7-16-5-3-4-6-19(16)20/h3-13H,1-2H3,(H,24,25). The highest BCUT2D eigenvalue weighted by Gasteiger charge is 2.08. The van der Waals surface area contributed by atoms with E-state index in [-0.39, 0.29) is 0 Å². The van der Waals surface area contributed by atoms with Gasteiger partial charge < -0.3 is 4.98 Å². The number of aromatic nitrogens is 2. The molecule has 0 aliphatic heterocycles. The molecule has 2 heteroatoms. The molecule has 0 amide bonds. The Morgan fingerprint density at radius 3 is 2.40 bits per heavy atom. The zero-order valence-electron chi connectivity index (χ0n) is 14.3. The van der Waals surface area contributed by atoms with Crippen molar-refractivity contribution in [2.24, 2.45) is 0 Å². The second kappa shape index (κ2) is 5.18. The molecule has 5 aromatic rings. The number of aromatic amines is 1. The third-order valence-corrected chi connectivity index (χ3v) is 5.12. The Hall–Kier alpha value is -3.13. The highest BCUT2D eigenvalue weighted by atomic mass is 14.9. The van der Waals surface area contributed by atoms with Crippen LogP contribution in [0.4, 0.5) is 0 Å². The van der Waals surface area contributed by atoms with E-state index in [4.69, 9.17) is 4.98 Å². The Balaban J connectivity index is 1.71. The van der Waals surface area contributed by atoms with E-state index >= 15 is 0 Å². The normalized spacial score (nSPS) is 11.6. The van der Waals surface area contributed by atoms with Crippen LogP contribution in [0.1, 0.15) is 11.1 Å². The van der Waals surface area contributed by atoms with Gasteiger partial charge in [-0.15, -0.1) is 0 Å². The third kappa shape index (κ3) is 2.22. The molecular weight excluding hydrogens is 304 g/mol. The second-order valence-corrected chi connectivity index (χ2v) is 6.76. The fourth-order valence-corrected chi connectivity index (χ4v) is 3.57. The van der Waals surface area contributed by atoms with Crippen molar-refractivity contribution in [3.63, 3.8) is 0 Å². The summed E-state index contributed by atoms with van der Waals surface area (Å²) >= 11 is 0. The summed E-state index contributed by atoms with van der Waals surface area (Å²) in [5, 5.41) is 5.09. The maximum Gasteiger partial charge on any atom is 0.138 e.